The maximum absolute atomic E-state index is 10.5. The molecule has 0 radical (unpaired) electrons. The van der Waals surface area contributed by atoms with Crippen LogP contribution < -0.4 is 5.73 Å². The Morgan fingerprint density at radius 3 is 2.00 bits per heavy atom. The van der Waals surface area contributed by atoms with Crippen LogP contribution in [-0.4, -0.2) is 24.2 Å². The van der Waals surface area contributed by atoms with Crippen molar-refractivity contribution >= 4 is 27.8 Å². The van der Waals surface area contributed by atoms with Gasteiger partial charge in [-0.3, -0.25) is 19.5 Å². The molecule has 2 aromatic carbocycles. The third-order valence-corrected chi connectivity index (χ3v) is 3.34. The molecule has 0 spiro atoms. The average molecular weight is 324 g/mol. The number of nitrogens with two attached hydrogens (primary N) is 1. The van der Waals surface area contributed by atoms with E-state index in [1.165, 1.54) is 0 Å². The quantitative estimate of drug-likeness (QED) is 0.289. The Morgan fingerprint density at radius 2 is 1.64 bits per heavy atom. The van der Waals surface area contributed by atoms with Crippen LogP contribution in [0, 0.1) is 10.1 Å². The highest BCUT2D eigenvalue weighted by Crippen LogP contribution is 2.14. The van der Waals surface area contributed by atoms with E-state index in [-0.39, 0.29) is 10.6 Å². The van der Waals surface area contributed by atoms with Gasteiger partial charge in [-0.05, 0) is 24.3 Å². The number of nitrogen functional groups attached to an aromatic ring is 1. The van der Waals surface area contributed by atoms with Gasteiger partial charge in [0.05, 0.1) is 9.82 Å². The Hall–Kier alpha value is -2.78. The molecule has 0 bridgehead atoms. The molecule has 0 aromatic heterocycles. The van der Waals surface area contributed by atoms with Crippen molar-refractivity contribution in [2.24, 2.45) is 0 Å². The lowest BCUT2D eigenvalue weighted by molar-refractivity contribution is -0.384. The Balaban J connectivity index is 0.000000235. The summed E-state index contributed by atoms with van der Waals surface area (Å²) in [6.45, 7) is 0. The largest absolute Gasteiger partial charge is 0.398 e. The van der Waals surface area contributed by atoms with E-state index >= 15 is 0 Å². The number of carbonyl (C=O) groups is 1. The molecule has 0 atom stereocenters. The van der Waals surface area contributed by atoms with Crippen LogP contribution in [0.15, 0.2) is 53.4 Å². The Bertz CT molecular complexity index is 771. The summed E-state index contributed by atoms with van der Waals surface area (Å²) in [5, 5.41) is 10.2. The normalized spacial score (nSPS) is 10.2. The zero-order chi connectivity index (χ0) is 16.8. The Kier molecular flexibility index (Phi) is 5.72. The van der Waals surface area contributed by atoms with E-state index in [4.69, 9.17) is 10.3 Å². The zero-order valence-corrected chi connectivity index (χ0v) is 11.9. The SMILES string of the molecule is Nc1ccccc1C=O.O=[N+]([O-])c1ccc(S(=O)(=O)O)cc1. The summed E-state index contributed by atoms with van der Waals surface area (Å²) in [5.74, 6) is 0. The van der Waals surface area contributed by atoms with Gasteiger partial charge in [0.2, 0.25) is 0 Å². The molecule has 3 N–H and O–H groups in total. The van der Waals surface area contributed by atoms with Crippen molar-refractivity contribution in [1.29, 1.82) is 0 Å². The van der Waals surface area contributed by atoms with E-state index in [1.54, 1.807) is 24.3 Å². The van der Waals surface area contributed by atoms with Crippen molar-refractivity contribution in [2.45, 2.75) is 4.90 Å². The third-order valence-electron chi connectivity index (χ3n) is 2.47. The monoisotopic (exact) mass is 324 g/mol. The van der Waals surface area contributed by atoms with Gasteiger partial charge in [0.15, 0.2) is 6.29 Å². The minimum Gasteiger partial charge on any atom is -0.398 e. The number of nitro groups is 1. The molecule has 0 fully saturated rings. The van der Waals surface area contributed by atoms with Gasteiger partial charge in [-0.2, -0.15) is 8.42 Å². The molecular weight excluding hydrogens is 312 g/mol. The van der Waals surface area contributed by atoms with Crippen LogP contribution in [0.3, 0.4) is 0 Å². The lowest BCUT2D eigenvalue weighted by Crippen LogP contribution is -1.97. The smallest absolute Gasteiger partial charge is 0.294 e. The minimum absolute atomic E-state index is 0.229. The van der Waals surface area contributed by atoms with Crippen LogP contribution in [0.1, 0.15) is 10.4 Å². The van der Waals surface area contributed by atoms with Crippen LogP contribution in [0.25, 0.3) is 0 Å². The molecule has 0 aliphatic rings. The summed E-state index contributed by atoms with van der Waals surface area (Å²) in [4.78, 5) is 19.3. The summed E-state index contributed by atoms with van der Waals surface area (Å²) >= 11 is 0. The standard InChI is InChI=1S/C7H7NO.C6H5NO5S/c8-7-4-2-1-3-6(7)5-9;8-7(9)5-1-3-6(4-2-5)13(10,11)12/h1-5H,8H2;1-4H,(H,10,11,12). The average Bonchev–Trinajstić information content (AvgIpc) is 2.47. The molecular formula is C13H12N2O6S. The highest BCUT2D eigenvalue weighted by molar-refractivity contribution is 7.85. The fourth-order valence-corrected chi connectivity index (χ4v) is 1.84. The number of hydrogen-bond acceptors (Lipinski definition) is 6. The number of benzene rings is 2. The van der Waals surface area contributed by atoms with Gasteiger partial charge >= 0.3 is 0 Å². The van der Waals surface area contributed by atoms with Crippen LogP contribution in [0.4, 0.5) is 11.4 Å². The summed E-state index contributed by atoms with van der Waals surface area (Å²) in [7, 11) is -4.27. The number of hydrogen-bond donors (Lipinski definition) is 2. The first-order valence-electron chi connectivity index (χ1n) is 5.77. The Morgan fingerprint density at radius 1 is 1.09 bits per heavy atom. The number of non-ortho nitro benzene ring substituents is 1. The number of nitrogens with zero attached hydrogens (tertiary/aromatic N) is 1. The highest BCUT2D eigenvalue weighted by atomic mass is 32.2. The summed E-state index contributed by atoms with van der Waals surface area (Å²) in [5.41, 5.74) is 6.26. The molecule has 0 heterocycles. The molecule has 0 saturated carbocycles. The van der Waals surface area contributed by atoms with Gasteiger partial charge in [0, 0.05) is 23.4 Å². The van der Waals surface area contributed by atoms with Crippen LogP contribution in [0.2, 0.25) is 0 Å². The second-order valence-electron chi connectivity index (χ2n) is 3.97. The van der Waals surface area contributed by atoms with E-state index in [0.29, 0.717) is 11.3 Å². The van der Waals surface area contributed by atoms with Crippen molar-refractivity contribution in [2.75, 3.05) is 5.73 Å². The van der Waals surface area contributed by atoms with Gasteiger partial charge in [-0.1, -0.05) is 12.1 Å². The van der Waals surface area contributed by atoms with E-state index in [9.17, 15) is 23.3 Å². The van der Waals surface area contributed by atoms with Crippen molar-refractivity contribution in [3.05, 3.63) is 64.2 Å². The van der Waals surface area contributed by atoms with Crippen molar-refractivity contribution in [3.63, 3.8) is 0 Å². The van der Waals surface area contributed by atoms with Gasteiger partial charge in [0.1, 0.15) is 0 Å². The van der Waals surface area contributed by atoms with Gasteiger partial charge < -0.3 is 5.73 Å². The number of nitro benzene ring substituents is 1. The van der Waals surface area contributed by atoms with Gasteiger partial charge in [-0.15, -0.1) is 0 Å². The fourth-order valence-electron chi connectivity index (χ4n) is 1.36. The minimum atomic E-state index is -4.27. The molecule has 2 aromatic rings. The molecule has 0 aliphatic heterocycles. The molecule has 8 nitrogen and oxygen atoms in total. The second kappa shape index (κ2) is 7.29. The van der Waals surface area contributed by atoms with E-state index < -0.39 is 15.0 Å². The summed E-state index contributed by atoms with van der Waals surface area (Å²) in [6, 6.07) is 10.9. The second-order valence-corrected chi connectivity index (χ2v) is 5.39. The number of anilines is 1. The number of aldehydes is 1. The number of carbonyl (C=O) groups excluding carboxylic acids is 1. The summed E-state index contributed by atoms with van der Waals surface area (Å²) < 4.78 is 29.5. The van der Waals surface area contributed by atoms with E-state index in [1.807, 2.05) is 0 Å². The van der Waals surface area contributed by atoms with Crippen LogP contribution in [0.5, 0.6) is 0 Å². The molecule has 0 aliphatic carbocycles. The third kappa shape index (κ3) is 4.96. The highest BCUT2D eigenvalue weighted by Gasteiger charge is 2.11. The van der Waals surface area contributed by atoms with Crippen molar-refractivity contribution in [1.82, 2.24) is 0 Å². The lowest BCUT2D eigenvalue weighted by atomic mass is 10.2. The fraction of sp³-hybridized carbons (Fsp3) is 0. The first-order valence-corrected chi connectivity index (χ1v) is 7.21. The van der Waals surface area contributed by atoms with Crippen molar-refractivity contribution < 1.29 is 22.7 Å². The molecule has 0 saturated heterocycles. The maximum atomic E-state index is 10.5. The first-order chi connectivity index (χ1) is 10.3. The van der Waals surface area contributed by atoms with Crippen molar-refractivity contribution in [3.8, 4) is 0 Å². The van der Waals surface area contributed by atoms with E-state index in [0.717, 1.165) is 30.6 Å². The zero-order valence-electron chi connectivity index (χ0n) is 11.1. The molecule has 116 valence electrons. The molecule has 2 rings (SSSR count). The summed E-state index contributed by atoms with van der Waals surface area (Å²) in [6.07, 6.45) is 0.745. The first kappa shape index (κ1) is 17.3. The topological polar surface area (TPSA) is 141 Å². The van der Waals surface area contributed by atoms with Gasteiger partial charge in [0.25, 0.3) is 15.8 Å². The molecule has 9 heteroatoms. The Labute approximate surface area is 126 Å². The van der Waals surface area contributed by atoms with Crippen LogP contribution in [-0.2, 0) is 10.1 Å². The number of para-hydroxylation sites is 1. The number of rotatable bonds is 3. The molecule has 0 unspecified atom stereocenters. The predicted octanol–water partition coefficient (Wildman–Crippen LogP) is 1.92. The van der Waals surface area contributed by atoms with Crippen LogP contribution >= 0.6 is 0 Å². The molecule has 22 heavy (non-hydrogen) atoms. The predicted molar refractivity (Wildman–Crippen MR) is 79.2 cm³/mol. The maximum Gasteiger partial charge on any atom is 0.294 e. The molecule has 0 amide bonds. The lowest BCUT2D eigenvalue weighted by Gasteiger charge is -1.94. The van der Waals surface area contributed by atoms with Gasteiger partial charge in [-0.25, -0.2) is 0 Å². The van der Waals surface area contributed by atoms with E-state index in [2.05, 4.69) is 0 Å².